The van der Waals surface area contributed by atoms with Crippen molar-refractivity contribution in [2.24, 2.45) is 0 Å². The monoisotopic (exact) mass is 953 g/mol. The minimum atomic E-state index is -0.353. The normalized spacial score (nSPS) is 12.4. The second-order valence-electron chi connectivity index (χ2n) is 21.7. The van der Waals surface area contributed by atoms with Crippen LogP contribution in [0.25, 0.3) is 121 Å². The van der Waals surface area contributed by atoms with Gasteiger partial charge in [-0.05, 0) is 76.1 Å². The van der Waals surface area contributed by atoms with Gasteiger partial charge in [-0.3, -0.25) is 9.97 Å². The molecule has 0 saturated heterocycles. The largest absolute Gasteiger partial charge is 0.306 e. The lowest BCUT2D eigenvalue weighted by Crippen LogP contribution is -2.20. The van der Waals surface area contributed by atoms with Crippen molar-refractivity contribution in [1.29, 1.82) is 5.26 Å². The molecule has 0 amide bonds. The smallest absolute Gasteiger partial charge is 0.104 e. The Hall–Kier alpha value is -9.25. The number of fused-ring (bicyclic) bond motifs is 12. The molecule has 14 rings (SSSR count). The van der Waals surface area contributed by atoms with Gasteiger partial charge in [0.25, 0.3) is 0 Å². The van der Waals surface area contributed by atoms with Crippen LogP contribution in [0.1, 0.15) is 58.2 Å². The molecule has 0 unspecified atom stereocenters. The molecule has 14 aromatic rings. The molecule has 8 aromatic carbocycles. The summed E-state index contributed by atoms with van der Waals surface area (Å²) in [6.07, 6.45) is 7.78. The van der Waals surface area contributed by atoms with E-state index in [4.69, 9.17) is 9.97 Å². The topological polar surface area (TPSA) is 69.3 Å². The molecule has 0 spiro atoms. The van der Waals surface area contributed by atoms with Crippen molar-refractivity contribution in [3.8, 4) is 39.9 Å². The number of para-hydroxylation sites is 6. The van der Waals surface area contributed by atoms with Gasteiger partial charge < -0.3 is 18.3 Å². The van der Waals surface area contributed by atoms with Gasteiger partial charge in [-0.1, -0.05) is 169 Å². The van der Waals surface area contributed by atoms with Crippen LogP contribution in [0, 0.1) is 11.3 Å². The molecule has 7 heteroatoms. The SMILES string of the molecule is CC(C)(C)c1ccc(-c2c(-n3c4ccccc4c4cnccc43)c(-n3c4ccccc4c4ccccc43)c(C#N)c(-n3c4ccccc4c4ccccc43)c2-n2c3ccccc3c3cnccc32)c(C(C)(C)C)c1. The molecule has 0 saturated carbocycles. The van der Waals surface area contributed by atoms with Gasteiger partial charge in [0.1, 0.15) is 11.6 Å². The fourth-order valence-electron chi connectivity index (χ4n) is 12.2. The summed E-state index contributed by atoms with van der Waals surface area (Å²) in [7, 11) is 0. The third kappa shape index (κ3) is 6.12. The molecule has 0 bridgehead atoms. The van der Waals surface area contributed by atoms with Crippen LogP contribution in [-0.2, 0) is 10.8 Å². The number of nitriles is 1. The molecule has 0 aliphatic heterocycles. The van der Waals surface area contributed by atoms with Gasteiger partial charge in [-0.15, -0.1) is 0 Å². The highest BCUT2D eigenvalue weighted by atomic mass is 15.1. The number of hydrogen-bond donors (Lipinski definition) is 0. The predicted octanol–water partition coefficient (Wildman–Crippen LogP) is 17.0. The fraction of sp³-hybridized carbons (Fsp3) is 0.119. The number of hydrogen-bond acceptors (Lipinski definition) is 3. The molecule has 354 valence electrons. The van der Waals surface area contributed by atoms with Crippen LogP contribution in [-0.4, -0.2) is 28.2 Å². The Labute approximate surface area is 428 Å². The second kappa shape index (κ2) is 15.9. The van der Waals surface area contributed by atoms with E-state index in [1.165, 1.54) is 11.1 Å². The van der Waals surface area contributed by atoms with Crippen LogP contribution in [0.2, 0.25) is 0 Å². The van der Waals surface area contributed by atoms with E-state index in [1.54, 1.807) is 0 Å². The summed E-state index contributed by atoms with van der Waals surface area (Å²) in [5.74, 6) is 0. The maximum Gasteiger partial charge on any atom is 0.104 e. The lowest BCUT2D eigenvalue weighted by Gasteiger charge is -2.32. The number of rotatable bonds is 5. The molecule has 6 heterocycles. The van der Waals surface area contributed by atoms with Gasteiger partial charge in [-0.2, -0.15) is 5.26 Å². The lowest BCUT2D eigenvalue weighted by atomic mass is 9.76. The Bertz CT molecular complexity index is 4240. The van der Waals surface area contributed by atoms with Crippen LogP contribution >= 0.6 is 0 Å². The van der Waals surface area contributed by atoms with Crippen molar-refractivity contribution in [2.45, 2.75) is 52.4 Å². The highest BCUT2D eigenvalue weighted by molar-refractivity contribution is 6.17. The maximum absolute atomic E-state index is 12.8. The third-order valence-corrected chi connectivity index (χ3v) is 15.5. The summed E-state index contributed by atoms with van der Waals surface area (Å²) in [6.45, 7) is 13.9. The van der Waals surface area contributed by atoms with Gasteiger partial charge in [-0.25, -0.2) is 0 Å². The number of aromatic nitrogens is 6. The quantitative estimate of drug-likeness (QED) is 0.173. The first-order valence-corrected chi connectivity index (χ1v) is 25.5. The first kappa shape index (κ1) is 43.5. The molecular weight excluding hydrogens is 903 g/mol. The summed E-state index contributed by atoms with van der Waals surface area (Å²) in [5.41, 5.74) is 15.9. The maximum atomic E-state index is 12.8. The highest BCUT2D eigenvalue weighted by Crippen LogP contribution is 2.53. The summed E-state index contributed by atoms with van der Waals surface area (Å²) in [5, 5.41) is 21.5. The van der Waals surface area contributed by atoms with Gasteiger partial charge in [0.05, 0.1) is 66.9 Å². The van der Waals surface area contributed by atoms with Crippen LogP contribution in [0.15, 0.2) is 201 Å². The summed E-state index contributed by atoms with van der Waals surface area (Å²) in [6, 6.07) is 66.5. The number of benzene rings is 8. The average Bonchev–Trinajstić information content (AvgIpc) is 4.17. The van der Waals surface area contributed by atoms with Crippen molar-refractivity contribution in [1.82, 2.24) is 28.2 Å². The first-order valence-electron chi connectivity index (χ1n) is 25.5. The predicted molar refractivity (Wildman–Crippen MR) is 307 cm³/mol. The van der Waals surface area contributed by atoms with Crippen molar-refractivity contribution in [3.63, 3.8) is 0 Å². The first-order chi connectivity index (χ1) is 36.0. The summed E-state index contributed by atoms with van der Waals surface area (Å²) in [4.78, 5) is 9.53. The fourth-order valence-corrected chi connectivity index (χ4v) is 12.2. The van der Waals surface area contributed by atoms with Crippen molar-refractivity contribution in [3.05, 3.63) is 217 Å². The zero-order chi connectivity index (χ0) is 50.2. The molecule has 6 aromatic heterocycles. The standard InChI is InChI=1S/C67H51N7/c1-66(2,3)41-31-32-48(52(37-41)67(4,5)6)61-64(73-57-29-17-11-23-46(57)50-39-69-35-33-59(50)73)62(71-53-25-13-7-19-42(53)43-20-8-14-26-54(43)71)49(38-68)63(72-55-27-15-9-21-44(55)45-22-10-16-28-56(45)72)65(61)74-58-30-18-12-24-47(58)51-40-70-36-34-60(51)74/h7-37,39-40H,1-6H3. The molecule has 0 aliphatic rings. The number of nitrogens with zero attached hydrogens (tertiary/aromatic N) is 7. The second-order valence-corrected chi connectivity index (χ2v) is 21.7. The molecule has 0 aliphatic carbocycles. The highest BCUT2D eigenvalue weighted by Gasteiger charge is 2.37. The molecule has 0 atom stereocenters. The summed E-state index contributed by atoms with van der Waals surface area (Å²) >= 11 is 0. The Morgan fingerprint density at radius 1 is 0.365 bits per heavy atom. The van der Waals surface area contributed by atoms with E-state index in [0.29, 0.717) is 5.56 Å². The van der Waals surface area contributed by atoms with Gasteiger partial charge in [0.15, 0.2) is 0 Å². The average molecular weight is 954 g/mol. The molecular formula is C67H51N7. The Balaban J connectivity index is 1.39. The van der Waals surface area contributed by atoms with E-state index in [1.807, 2.05) is 24.8 Å². The molecule has 7 nitrogen and oxygen atoms in total. The van der Waals surface area contributed by atoms with E-state index in [0.717, 1.165) is 121 Å². The van der Waals surface area contributed by atoms with E-state index in [-0.39, 0.29) is 10.8 Å². The molecule has 0 radical (unpaired) electrons. The minimum Gasteiger partial charge on any atom is -0.306 e. The number of pyridine rings is 2. The Kier molecular flexibility index (Phi) is 9.34. The molecule has 74 heavy (non-hydrogen) atoms. The van der Waals surface area contributed by atoms with Gasteiger partial charge in [0.2, 0.25) is 0 Å². The van der Waals surface area contributed by atoms with Gasteiger partial charge in [0, 0.05) is 73.4 Å². The third-order valence-electron chi connectivity index (χ3n) is 15.5. The van der Waals surface area contributed by atoms with E-state index >= 15 is 0 Å². The van der Waals surface area contributed by atoms with E-state index in [9.17, 15) is 5.26 Å². The van der Waals surface area contributed by atoms with Crippen molar-refractivity contribution in [2.75, 3.05) is 0 Å². The minimum absolute atomic E-state index is 0.142. The molecule has 0 fully saturated rings. The Morgan fingerprint density at radius 3 is 1.03 bits per heavy atom. The zero-order valence-electron chi connectivity index (χ0n) is 42.2. The molecule has 0 N–H and O–H groups in total. The zero-order valence-corrected chi connectivity index (χ0v) is 42.2. The van der Waals surface area contributed by atoms with Crippen LogP contribution < -0.4 is 0 Å². The van der Waals surface area contributed by atoms with Crippen molar-refractivity contribution >= 4 is 87.2 Å². The van der Waals surface area contributed by atoms with Crippen LogP contribution in [0.5, 0.6) is 0 Å². The summed E-state index contributed by atoms with van der Waals surface area (Å²) < 4.78 is 9.67. The lowest BCUT2D eigenvalue weighted by molar-refractivity contribution is 0.569. The van der Waals surface area contributed by atoms with E-state index < -0.39 is 0 Å². The van der Waals surface area contributed by atoms with Crippen LogP contribution in [0.3, 0.4) is 0 Å². The van der Waals surface area contributed by atoms with Crippen molar-refractivity contribution < 1.29 is 0 Å². The van der Waals surface area contributed by atoms with Crippen LogP contribution in [0.4, 0.5) is 0 Å². The van der Waals surface area contributed by atoms with Gasteiger partial charge >= 0.3 is 0 Å². The Morgan fingerprint density at radius 2 is 0.689 bits per heavy atom. The van der Waals surface area contributed by atoms with E-state index in [2.05, 4.69) is 242 Å².